The molecule has 0 unspecified atom stereocenters. The Hall–Kier alpha value is -3.56. The molecule has 0 aliphatic carbocycles. The standard InChI is InChI=1S/C23H22N8S/c1-30-6-8-31(9-7-30)21-3-2-16(12-25-21)28-23-27-14-18-17(13-26-22(18)29-23)20-10-15-11-24-5-4-19(15)32-20/h2-5,10-14H,6-9H2,1H3,(H2,26,27,28,29). The molecule has 0 spiro atoms. The van der Waals surface area contributed by atoms with E-state index in [0.717, 1.165) is 59.7 Å². The number of rotatable bonds is 4. The molecule has 0 amide bonds. The van der Waals surface area contributed by atoms with Crippen LogP contribution >= 0.6 is 11.3 Å². The van der Waals surface area contributed by atoms with Crippen molar-refractivity contribution in [2.24, 2.45) is 0 Å². The van der Waals surface area contributed by atoms with Crippen molar-refractivity contribution in [3.63, 3.8) is 0 Å². The van der Waals surface area contributed by atoms with E-state index in [2.05, 4.69) is 59.2 Å². The summed E-state index contributed by atoms with van der Waals surface area (Å²) in [6.07, 6.45) is 9.42. The number of hydrogen-bond donors (Lipinski definition) is 2. The van der Waals surface area contributed by atoms with Crippen LogP contribution in [0.3, 0.4) is 0 Å². The fourth-order valence-electron chi connectivity index (χ4n) is 4.00. The molecule has 1 fully saturated rings. The highest BCUT2D eigenvalue weighted by atomic mass is 32.1. The van der Waals surface area contributed by atoms with Crippen LogP contribution < -0.4 is 10.2 Å². The van der Waals surface area contributed by atoms with Gasteiger partial charge in [-0.05, 0) is 31.3 Å². The number of anilines is 3. The number of thiophene rings is 1. The minimum atomic E-state index is 0.542. The van der Waals surface area contributed by atoms with Crippen molar-refractivity contribution in [3.8, 4) is 10.4 Å². The highest BCUT2D eigenvalue weighted by Crippen LogP contribution is 2.36. The van der Waals surface area contributed by atoms with Gasteiger partial charge >= 0.3 is 0 Å². The molecule has 1 saturated heterocycles. The smallest absolute Gasteiger partial charge is 0.229 e. The van der Waals surface area contributed by atoms with E-state index in [1.54, 1.807) is 11.3 Å². The summed E-state index contributed by atoms with van der Waals surface area (Å²) in [6.45, 7) is 4.13. The van der Waals surface area contributed by atoms with Gasteiger partial charge in [0.15, 0.2) is 0 Å². The molecule has 1 aliphatic rings. The lowest BCUT2D eigenvalue weighted by molar-refractivity contribution is 0.312. The number of H-pyrrole nitrogens is 1. The van der Waals surface area contributed by atoms with Crippen molar-refractivity contribution in [1.29, 1.82) is 0 Å². The molecule has 160 valence electrons. The summed E-state index contributed by atoms with van der Waals surface area (Å²) in [5.74, 6) is 1.55. The van der Waals surface area contributed by atoms with Gasteiger partial charge in [-0.2, -0.15) is 4.98 Å². The molecule has 0 atom stereocenters. The zero-order valence-corrected chi connectivity index (χ0v) is 18.4. The van der Waals surface area contributed by atoms with Crippen LogP contribution in [-0.4, -0.2) is 63.0 Å². The number of nitrogens with one attached hydrogen (secondary N) is 2. The number of piperazine rings is 1. The Labute approximate surface area is 189 Å². The average Bonchev–Trinajstić information content (AvgIpc) is 3.44. The summed E-state index contributed by atoms with van der Waals surface area (Å²) in [6, 6.07) is 8.28. The predicted octanol–water partition coefficient (Wildman–Crippen LogP) is 4.13. The highest BCUT2D eigenvalue weighted by molar-refractivity contribution is 7.22. The summed E-state index contributed by atoms with van der Waals surface area (Å²) in [7, 11) is 2.15. The first-order valence-electron chi connectivity index (χ1n) is 10.6. The van der Waals surface area contributed by atoms with Crippen molar-refractivity contribution in [3.05, 3.63) is 55.2 Å². The van der Waals surface area contributed by atoms with Gasteiger partial charge in [-0.3, -0.25) is 4.98 Å². The van der Waals surface area contributed by atoms with Crippen molar-refractivity contribution < 1.29 is 0 Å². The predicted molar refractivity (Wildman–Crippen MR) is 130 cm³/mol. The van der Waals surface area contributed by atoms with E-state index in [1.807, 2.05) is 43.1 Å². The fourth-order valence-corrected chi connectivity index (χ4v) is 5.06. The second kappa shape index (κ2) is 7.85. The monoisotopic (exact) mass is 442 g/mol. The number of nitrogens with zero attached hydrogens (tertiary/aromatic N) is 6. The normalized spacial score (nSPS) is 15.0. The molecule has 1 aliphatic heterocycles. The van der Waals surface area contributed by atoms with Gasteiger partial charge in [-0.1, -0.05) is 0 Å². The van der Waals surface area contributed by atoms with Crippen molar-refractivity contribution in [2.45, 2.75) is 0 Å². The molecule has 0 saturated carbocycles. The van der Waals surface area contributed by atoms with Crippen LogP contribution in [0.25, 0.3) is 31.6 Å². The summed E-state index contributed by atoms with van der Waals surface area (Å²) >= 11 is 1.74. The minimum absolute atomic E-state index is 0.542. The lowest BCUT2D eigenvalue weighted by Crippen LogP contribution is -2.44. The zero-order valence-electron chi connectivity index (χ0n) is 17.6. The quantitative estimate of drug-likeness (QED) is 0.433. The maximum absolute atomic E-state index is 4.66. The molecule has 5 aromatic rings. The third kappa shape index (κ3) is 3.55. The van der Waals surface area contributed by atoms with Gasteiger partial charge in [0.1, 0.15) is 11.5 Å². The maximum Gasteiger partial charge on any atom is 0.229 e. The van der Waals surface area contributed by atoms with E-state index in [1.165, 1.54) is 9.58 Å². The summed E-state index contributed by atoms with van der Waals surface area (Å²) in [4.78, 5) is 27.2. The second-order valence-electron chi connectivity index (χ2n) is 8.00. The highest BCUT2D eigenvalue weighted by Gasteiger charge is 2.15. The Morgan fingerprint density at radius 2 is 1.94 bits per heavy atom. The van der Waals surface area contributed by atoms with E-state index in [0.29, 0.717) is 5.95 Å². The SMILES string of the molecule is CN1CCN(c2ccc(Nc3ncc4c(-c5cc6cnccc6s5)c[nH]c4n3)cn2)CC1. The van der Waals surface area contributed by atoms with E-state index in [-0.39, 0.29) is 0 Å². The minimum Gasteiger partial charge on any atom is -0.354 e. The molecule has 5 aromatic heterocycles. The molecule has 6 heterocycles. The number of pyridine rings is 2. The Balaban J connectivity index is 1.22. The molecule has 32 heavy (non-hydrogen) atoms. The fraction of sp³-hybridized carbons (Fsp3) is 0.217. The Kier molecular flexibility index (Phi) is 4.70. The van der Waals surface area contributed by atoms with Crippen LogP contribution in [0.15, 0.2) is 55.2 Å². The lowest BCUT2D eigenvalue weighted by Gasteiger charge is -2.33. The molecule has 9 heteroatoms. The van der Waals surface area contributed by atoms with Crippen LogP contribution in [-0.2, 0) is 0 Å². The maximum atomic E-state index is 4.66. The summed E-state index contributed by atoms with van der Waals surface area (Å²) in [5, 5.41) is 5.41. The third-order valence-corrected chi connectivity index (χ3v) is 6.99. The Morgan fingerprint density at radius 1 is 1.03 bits per heavy atom. The van der Waals surface area contributed by atoms with Crippen LogP contribution in [0.1, 0.15) is 0 Å². The van der Waals surface area contributed by atoms with E-state index in [9.17, 15) is 0 Å². The number of fused-ring (bicyclic) bond motifs is 2. The van der Waals surface area contributed by atoms with E-state index >= 15 is 0 Å². The number of aromatic amines is 1. The molecule has 0 aromatic carbocycles. The number of likely N-dealkylation sites (N-methyl/N-ethyl adjacent to an activating group) is 1. The van der Waals surface area contributed by atoms with E-state index < -0.39 is 0 Å². The number of aromatic nitrogens is 5. The molecular formula is C23H22N8S. The first-order valence-corrected chi connectivity index (χ1v) is 11.4. The largest absolute Gasteiger partial charge is 0.354 e. The van der Waals surface area contributed by atoms with Crippen molar-refractivity contribution >= 4 is 49.9 Å². The zero-order chi connectivity index (χ0) is 21.5. The molecule has 8 nitrogen and oxygen atoms in total. The van der Waals surface area contributed by atoms with Gasteiger partial charge in [-0.25, -0.2) is 9.97 Å². The van der Waals surface area contributed by atoms with Crippen LogP contribution in [0.2, 0.25) is 0 Å². The van der Waals surface area contributed by atoms with Crippen molar-refractivity contribution in [1.82, 2.24) is 29.8 Å². The molecular weight excluding hydrogens is 420 g/mol. The first kappa shape index (κ1) is 19.1. The van der Waals surface area contributed by atoms with Crippen LogP contribution in [0.4, 0.5) is 17.5 Å². The van der Waals surface area contributed by atoms with E-state index in [4.69, 9.17) is 0 Å². The molecule has 0 radical (unpaired) electrons. The second-order valence-corrected chi connectivity index (χ2v) is 9.09. The third-order valence-electron chi connectivity index (χ3n) is 5.85. The Bertz CT molecular complexity index is 1350. The lowest BCUT2D eigenvalue weighted by atomic mass is 10.2. The Morgan fingerprint density at radius 3 is 2.75 bits per heavy atom. The summed E-state index contributed by atoms with van der Waals surface area (Å²) < 4.78 is 1.22. The van der Waals surface area contributed by atoms with Crippen LogP contribution in [0.5, 0.6) is 0 Å². The average molecular weight is 443 g/mol. The molecule has 6 rings (SSSR count). The van der Waals surface area contributed by atoms with Gasteiger partial charge in [0.2, 0.25) is 5.95 Å². The van der Waals surface area contributed by atoms with Gasteiger partial charge in [0.05, 0.1) is 11.9 Å². The van der Waals surface area contributed by atoms with Gasteiger partial charge in [0, 0.05) is 76.9 Å². The van der Waals surface area contributed by atoms with Gasteiger partial charge < -0.3 is 20.1 Å². The van der Waals surface area contributed by atoms with Crippen molar-refractivity contribution in [2.75, 3.05) is 43.4 Å². The van der Waals surface area contributed by atoms with Gasteiger partial charge in [-0.15, -0.1) is 11.3 Å². The first-order chi connectivity index (χ1) is 15.7. The topological polar surface area (TPSA) is 85.9 Å². The number of hydrogen-bond acceptors (Lipinski definition) is 8. The summed E-state index contributed by atoms with van der Waals surface area (Å²) in [5.41, 5.74) is 2.77. The molecule has 0 bridgehead atoms. The van der Waals surface area contributed by atoms with Crippen LogP contribution in [0, 0.1) is 0 Å². The van der Waals surface area contributed by atoms with Gasteiger partial charge in [0.25, 0.3) is 0 Å². The molecule has 2 N–H and O–H groups in total.